The van der Waals surface area contributed by atoms with E-state index >= 15 is 0 Å². The number of carbonyl (C=O) groups is 1. The summed E-state index contributed by atoms with van der Waals surface area (Å²) in [5, 5.41) is 3.20. The van der Waals surface area contributed by atoms with Crippen LogP contribution in [0.1, 0.15) is 22.8 Å². The summed E-state index contributed by atoms with van der Waals surface area (Å²) in [7, 11) is 0. The SMILES string of the molecule is CCNc1ccc(C(=O)c2ccccc2)cc1. The van der Waals surface area contributed by atoms with Crippen molar-refractivity contribution in [2.24, 2.45) is 0 Å². The van der Waals surface area contributed by atoms with Gasteiger partial charge in [-0.05, 0) is 31.2 Å². The second kappa shape index (κ2) is 5.30. The normalized spacial score (nSPS) is 9.94. The van der Waals surface area contributed by atoms with E-state index in [1.807, 2.05) is 61.5 Å². The summed E-state index contributed by atoms with van der Waals surface area (Å²) >= 11 is 0. The molecule has 0 bridgehead atoms. The Morgan fingerprint density at radius 3 is 2.12 bits per heavy atom. The van der Waals surface area contributed by atoms with Gasteiger partial charge in [-0.1, -0.05) is 30.3 Å². The van der Waals surface area contributed by atoms with Gasteiger partial charge in [0.05, 0.1) is 0 Å². The maximum absolute atomic E-state index is 12.1. The summed E-state index contributed by atoms with van der Waals surface area (Å²) in [6, 6.07) is 16.9. The third-order valence-electron chi connectivity index (χ3n) is 2.56. The second-order valence-electron chi connectivity index (χ2n) is 3.80. The molecule has 1 N–H and O–H groups in total. The number of hydrogen-bond acceptors (Lipinski definition) is 2. The molecule has 17 heavy (non-hydrogen) atoms. The largest absolute Gasteiger partial charge is 0.385 e. The van der Waals surface area contributed by atoms with E-state index in [1.165, 1.54) is 0 Å². The van der Waals surface area contributed by atoms with Crippen LogP contribution in [0, 0.1) is 0 Å². The van der Waals surface area contributed by atoms with Crippen LogP contribution in [0.5, 0.6) is 0 Å². The topological polar surface area (TPSA) is 29.1 Å². The van der Waals surface area contributed by atoms with Crippen LogP contribution < -0.4 is 5.32 Å². The quantitative estimate of drug-likeness (QED) is 0.808. The molecule has 2 heteroatoms. The highest BCUT2D eigenvalue weighted by Crippen LogP contribution is 2.13. The van der Waals surface area contributed by atoms with E-state index in [2.05, 4.69) is 5.32 Å². The lowest BCUT2D eigenvalue weighted by Gasteiger charge is -2.04. The summed E-state index contributed by atoms with van der Waals surface area (Å²) in [5.41, 5.74) is 2.48. The van der Waals surface area contributed by atoms with Crippen LogP contribution in [0.2, 0.25) is 0 Å². The highest BCUT2D eigenvalue weighted by molar-refractivity contribution is 6.09. The molecule has 0 fully saturated rings. The molecule has 0 radical (unpaired) electrons. The Morgan fingerprint density at radius 1 is 0.941 bits per heavy atom. The van der Waals surface area contributed by atoms with Gasteiger partial charge in [0.25, 0.3) is 0 Å². The number of rotatable bonds is 4. The minimum atomic E-state index is 0.0636. The summed E-state index contributed by atoms with van der Waals surface area (Å²) in [6.07, 6.45) is 0. The van der Waals surface area contributed by atoms with E-state index in [1.54, 1.807) is 0 Å². The Bertz CT molecular complexity index is 488. The maximum atomic E-state index is 12.1. The van der Waals surface area contributed by atoms with E-state index in [9.17, 15) is 4.79 Å². The second-order valence-corrected chi connectivity index (χ2v) is 3.80. The minimum absolute atomic E-state index is 0.0636. The average Bonchev–Trinajstić information content (AvgIpc) is 2.40. The predicted molar refractivity (Wildman–Crippen MR) is 70.5 cm³/mol. The van der Waals surface area contributed by atoms with Crippen molar-refractivity contribution in [3.63, 3.8) is 0 Å². The summed E-state index contributed by atoms with van der Waals surface area (Å²) in [5.74, 6) is 0.0636. The van der Waals surface area contributed by atoms with Crippen LogP contribution in [-0.4, -0.2) is 12.3 Å². The van der Waals surface area contributed by atoms with Gasteiger partial charge in [0.1, 0.15) is 0 Å². The molecule has 0 aromatic heterocycles. The Morgan fingerprint density at radius 2 is 1.53 bits per heavy atom. The molecule has 0 spiro atoms. The van der Waals surface area contributed by atoms with Crippen molar-refractivity contribution in [3.8, 4) is 0 Å². The number of anilines is 1. The first-order valence-electron chi connectivity index (χ1n) is 5.75. The Kier molecular flexibility index (Phi) is 3.55. The first-order chi connectivity index (χ1) is 8.31. The molecule has 2 nitrogen and oxygen atoms in total. The van der Waals surface area contributed by atoms with Crippen molar-refractivity contribution >= 4 is 11.5 Å². The lowest BCUT2D eigenvalue weighted by Crippen LogP contribution is -2.02. The number of nitrogens with one attached hydrogen (secondary N) is 1. The van der Waals surface area contributed by atoms with E-state index in [4.69, 9.17) is 0 Å². The molecule has 86 valence electrons. The van der Waals surface area contributed by atoms with Crippen LogP contribution in [0.25, 0.3) is 0 Å². The van der Waals surface area contributed by atoms with Gasteiger partial charge in [-0.25, -0.2) is 0 Å². The molecule has 0 saturated heterocycles. The van der Waals surface area contributed by atoms with Gasteiger partial charge in [-0.2, -0.15) is 0 Å². The van der Waals surface area contributed by atoms with Crippen LogP contribution in [-0.2, 0) is 0 Å². The van der Waals surface area contributed by atoms with Crippen molar-refractivity contribution in [2.75, 3.05) is 11.9 Å². The van der Waals surface area contributed by atoms with Crippen molar-refractivity contribution in [1.82, 2.24) is 0 Å². The van der Waals surface area contributed by atoms with Gasteiger partial charge in [-0.3, -0.25) is 4.79 Å². The van der Waals surface area contributed by atoms with E-state index in [-0.39, 0.29) is 5.78 Å². The minimum Gasteiger partial charge on any atom is -0.385 e. The molecule has 0 atom stereocenters. The fourth-order valence-corrected chi connectivity index (χ4v) is 1.70. The molecule has 0 amide bonds. The van der Waals surface area contributed by atoms with Gasteiger partial charge in [-0.15, -0.1) is 0 Å². The fourth-order valence-electron chi connectivity index (χ4n) is 1.70. The number of hydrogen-bond donors (Lipinski definition) is 1. The zero-order chi connectivity index (χ0) is 12.1. The zero-order valence-corrected chi connectivity index (χ0v) is 9.81. The monoisotopic (exact) mass is 225 g/mol. The Balaban J connectivity index is 2.20. The standard InChI is InChI=1S/C15H15NO/c1-2-16-14-10-8-13(9-11-14)15(17)12-6-4-3-5-7-12/h3-11,16H,2H2,1H3. The van der Waals surface area contributed by atoms with E-state index < -0.39 is 0 Å². The molecule has 2 aromatic rings. The van der Waals surface area contributed by atoms with Gasteiger partial charge >= 0.3 is 0 Å². The number of carbonyl (C=O) groups excluding carboxylic acids is 1. The van der Waals surface area contributed by atoms with Crippen LogP contribution in [0.3, 0.4) is 0 Å². The molecular formula is C15H15NO. The van der Waals surface area contributed by atoms with Crippen molar-refractivity contribution < 1.29 is 4.79 Å². The molecule has 0 saturated carbocycles. The van der Waals surface area contributed by atoms with Crippen molar-refractivity contribution in [1.29, 1.82) is 0 Å². The first-order valence-corrected chi connectivity index (χ1v) is 5.75. The maximum Gasteiger partial charge on any atom is 0.193 e. The van der Waals surface area contributed by atoms with E-state index in [0.29, 0.717) is 0 Å². The van der Waals surface area contributed by atoms with Gasteiger partial charge in [0.2, 0.25) is 0 Å². The predicted octanol–water partition coefficient (Wildman–Crippen LogP) is 3.35. The Hall–Kier alpha value is -2.09. The van der Waals surface area contributed by atoms with Crippen LogP contribution in [0.15, 0.2) is 54.6 Å². The molecule has 0 aliphatic heterocycles. The summed E-state index contributed by atoms with van der Waals surface area (Å²) < 4.78 is 0. The first kappa shape index (κ1) is 11.4. The third kappa shape index (κ3) is 2.72. The molecule has 2 aromatic carbocycles. The average molecular weight is 225 g/mol. The molecule has 0 unspecified atom stereocenters. The smallest absolute Gasteiger partial charge is 0.193 e. The summed E-state index contributed by atoms with van der Waals surface area (Å²) in [4.78, 5) is 12.1. The highest BCUT2D eigenvalue weighted by atomic mass is 16.1. The van der Waals surface area contributed by atoms with Crippen LogP contribution >= 0.6 is 0 Å². The van der Waals surface area contributed by atoms with Gasteiger partial charge in [0, 0.05) is 23.4 Å². The third-order valence-corrected chi connectivity index (χ3v) is 2.56. The molecule has 0 heterocycles. The van der Waals surface area contributed by atoms with Crippen molar-refractivity contribution in [2.45, 2.75) is 6.92 Å². The number of ketones is 1. The fraction of sp³-hybridized carbons (Fsp3) is 0.133. The lowest BCUT2D eigenvalue weighted by molar-refractivity contribution is 0.103. The van der Waals surface area contributed by atoms with E-state index in [0.717, 1.165) is 23.4 Å². The zero-order valence-electron chi connectivity index (χ0n) is 9.81. The molecular weight excluding hydrogens is 210 g/mol. The van der Waals surface area contributed by atoms with Crippen molar-refractivity contribution in [3.05, 3.63) is 65.7 Å². The molecule has 2 rings (SSSR count). The Labute approximate surface area is 101 Å². The molecule has 0 aliphatic rings. The van der Waals surface area contributed by atoms with Gasteiger partial charge in [0.15, 0.2) is 5.78 Å². The highest BCUT2D eigenvalue weighted by Gasteiger charge is 2.07. The lowest BCUT2D eigenvalue weighted by atomic mass is 10.0. The van der Waals surface area contributed by atoms with Crippen LogP contribution in [0.4, 0.5) is 5.69 Å². The number of benzene rings is 2. The molecule has 0 aliphatic carbocycles. The summed E-state index contributed by atoms with van der Waals surface area (Å²) in [6.45, 7) is 2.93. The van der Waals surface area contributed by atoms with Gasteiger partial charge < -0.3 is 5.32 Å².